The largest absolute Gasteiger partial charge is 0.496 e. The van der Waals surface area contributed by atoms with Crippen LogP contribution in [0.25, 0.3) is 0 Å². The van der Waals surface area contributed by atoms with Crippen molar-refractivity contribution in [3.05, 3.63) is 54.0 Å². The molecular formula is C19H22FN3O2. The summed E-state index contributed by atoms with van der Waals surface area (Å²) in [5.41, 5.74) is 0.250. The highest BCUT2D eigenvalue weighted by Crippen LogP contribution is 2.25. The van der Waals surface area contributed by atoms with Crippen LogP contribution >= 0.6 is 0 Å². The van der Waals surface area contributed by atoms with Gasteiger partial charge in [0.1, 0.15) is 17.4 Å². The fourth-order valence-corrected chi connectivity index (χ4v) is 3.22. The molecule has 0 N–H and O–H groups in total. The highest BCUT2D eigenvalue weighted by molar-refractivity contribution is 5.97. The predicted octanol–water partition coefficient (Wildman–Crippen LogP) is 2.97. The second-order valence-electron chi connectivity index (χ2n) is 6.19. The molecule has 6 heteroatoms. The molecule has 5 nitrogen and oxygen atoms in total. The van der Waals surface area contributed by atoms with Crippen molar-refractivity contribution in [2.75, 3.05) is 32.1 Å². The predicted molar refractivity (Wildman–Crippen MR) is 94.5 cm³/mol. The van der Waals surface area contributed by atoms with E-state index >= 15 is 0 Å². The van der Waals surface area contributed by atoms with Crippen molar-refractivity contribution in [3.63, 3.8) is 0 Å². The summed E-state index contributed by atoms with van der Waals surface area (Å²) >= 11 is 0. The van der Waals surface area contributed by atoms with Gasteiger partial charge in [0, 0.05) is 32.4 Å². The van der Waals surface area contributed by atoms with Crippen LogP contribution in [0.1, 0.15) is 23.2 Å². The van der Waals surface area contributed by atoms with Crippen LogP contribution in [0.2, 0.25) is 0 Å². The molecule has 1 amide bonds. The summed E-state index contributed by atoms with van der Waals surface area (Å²) in [7, 11) is 3.24. The molecule has 0 unspecified atom stereocenters. The van der Waals surface area contributed by atoms with Crippen molar-refractivity contribution >= 4 is 11.7 Å². The molecule has 0 saturated carbocycles. The molecule has 0 aliphatic carbocycles. The molecule has 2 heterocycles. The number of amides is 1. The number of rotatable bonds is 4. The van der Waals surface area contributed by atoms with Gasteiger partial charge < -0.3 is 14.5 Å². The number of benzene rings is 1. The number of likely N-dealkylation sites (N-methyl/N-ethyl adjacent to an activating group) is 1. The molecule has 1 aliphatic heterocycles. The molecule has 0 spiro atoms. The first-order valence-electron chi connectivity index (χ1n) is 8.37. The minimum atomic E-state index is -0.448. The SMILES string of the molecule is COc1ccc(F)cc1C(=O)N(C)[C@H]1CCCN(c2ccccn2)C1. The Morgan fingerprint density at radius 1 is 1.36 bits per heavy atom. The van der Waals surface area contributed by atoms with Gasteiger partial charge in [-0.25, -0.2) is 9.37 Å². The molecule has 3 rings (SSSR count). The van der Waals surface area contributed by atoms with Crippen LogP contribution in [-0.2, 0) is 0 Å². The average Bonchev–Trinajstić information content (AvgIpc) is 2.67. The molecule has 132 valence electrons. The lowest BCUT2D eigenvalue weighted by Crippen LogP contribution is -2.49. The van der Waals surface area contributed by atoms with Crippen molar-refractivity contribution < 1.29 is 13.9 Å². The Balaban J connectivity index is 1.77. The summed E-state index contributed by atoms with van der Waals surface area (Å²) in [4.78, 5) is 21.1. The number of hydrogen-bond donors (Lipinski definition) is 0. The maximum Gasteiger partial charge on any atom is 0.257 e. The smallest absolute Gasteiger partial charge is 0.257 e. The van der Waals surface area contributed by atoms with Crippen LogP contribution in [0, 0.1) is 5.82 Å². The van der Waals surface area contributed by atoms with Crippen LogP contribution < -0.4 is 9.64 Å². The number of pyridine rings is 1. The van der Waals surface area contributed by atoms with E-state index in [1.807, 2.05) is 18.2 Å². The fraction of sp³-hybridized carbons (Fsp3) is 0.368. The van der Waals surface area contributed by atoms with E-state index in [0.717, 1.165) is 25.2 Å². The average molecular weight is 343 g/mol. The summed E-state index contributed by atoms with van der Waals surface area (Å²) in [6.45, 7) is 1.62. The van der Waals surface area contributed by atoms with Crippen molar-refractivity contribution in [1.82, 2.24) is 9.88 Å². The van der Waals surface area contributed by atoms with Crippen LogP contribution in [0.15, 0.2) is 42.6 Å². The minimum Gasteiger partial charge on any atom is -0.496 e. The zero-order chi connectivity index (χ0) is 17.8. The third-order valence-corrected chi connectivity index (χ3v) is 4.63. The number of nitrogens with zero attached hydrogens (tertiary/aromatic N) is 3. The van der Waals surface area contributed by atoms with Gasteiger partial charge in [0.2, 0.25) is 0 Å². The van der Waals surface area contributed by atoms with Crippen LogP contribution in [-0.4, -0.2) is 49.1 Å². The van der Waals surface area contributed by atoms with Crippen molar-refractivity contribution in [2.45, 2.75) is 18.9 Å². The lowest BCUT2D eigenvalue weighted by molar-refractivity contribution is 0.0713. The highest BCUT2D eigenvalue weighted by atomic mass is 19.1. The summed E-state index contributed by atoms with van der Waals surface area (Å²) in [6, 6.07) is 9.86. The van der Waals surface area contributed by atoms with Crippen LogP contribution in [0.4, 0.5) is 10.2 Å². The van der Waals surface area contributed by atoms with Crippen molar-refractivity contribution in [3.8, 4) is 5.75 Å². The number of halogens is 1. The van der Waals surface area contributed by atoms with Crippen LogP contribution in [0.3, 0.4) is 0 Å². The monoisotopic (exact) mass is 343 g/mol. The molecule has 1 aromatic carbocycles. The Kier molecular flexibility index (Phi) is 5.16. The molecule has 1 aromatic heterocycles. The minimum absolute atomic E-state index is 0.0382. The number of carbonyl (C=O) groups excluding carboxylic acids is 1. The van der Waals surface area contributed by atoms with Gasteiger partial charge >= 0.3 is 0 Å². The first kappa shape index (κ1) is 17.2. The maximum absolute atomic E-state index is 13.6. The first-order chi connectivity index (χ1) is 12.1. The molecule has 2 aromatic rings. The van der Waals surface area contributed by atoms with Gasteiger partial charge in [-0.05, 0) is 43.2 Å². The van der Waals surface area contributed by atoms with Gasteiger partial charge in [0.05, 0.1) is 12.7 Å². The summed E-state index contributed by atoms with van der Waals surface area (Å²) in [6.07, 6.45) is 3.65. The number of hydrogen-bond acceptors (Lipinski definition) is 4. The molecule has 0 radical (unpaired) electrons. The zero-order valence-corrected chi connectivity index (χ0v) is 14.5. The molecule has 0 bridgehead atoms. The van der Waals surface area contributed by atoms with Gasteiger partial charge in [-0.3, -0.25) is 4.79 Å². The van der Waals surface area contributed by atoms with Crippen molar-refractivity contribution in [1.29, 1.82) is 0 Å². The van der Waals surface area contributed by atoms with E-state index in [2.05, 4.69) is 9.88 Å². The lowest BCUT2D eigenvalue weighted by atomic mass is 10.0. The number of piperidine rings is 1. The number of ether oxygens (including phenoxy) is 1. The quantitative estimate of drug-likeness (QED) is 0.856. The van der Waals surface area contributed by atoms with Gasteiger partial charge in [0.15, 0.2) is 0 Å². The van der Waals surface area contributed by atoms with E-state index in [0.29, 0.717) is 12.3 Å². The van der Waals surface area contributed by atoms with E-state index in [1.54, 1.807) is 18.1 Å². The highest BCUT2D eigenvalue weighted by Gasteiger charge is 2.28. The Hall–Kier alpha value is -2.63. The second-order valence-corrected chi connectivity index (χ2v) is 6.19. The normalized spacial score (nSPS) is 17.2. The number of carbonyl (C=O) groups is 1. The van der Waals surface area contributed by atoms with E-state index < -0.39 is 5.82 Å². The molecule has 1 atom stereocenters. The molecular weight excluding hydrogens is 321 g/mol. The van der Waals surface area contributed by atoms with Crippen molar-refractivity contribution in [2.24, 2.45) is 0 Å². The Morgan fingerprint density at radius 2 is 2.20 bits per heavy atom. The summed E-state index contributed by atoms with van der Waals surface area (Å²) < 4.78 is 18.8. The van der Waals surface area contributed by atoms with Crippen LogP contribution in [0.5, 0.6) is 5.75 Å². The van der Waals surface area contributed by atoms with E-state index in [4.69, 9.17) is 4.74 Å². The Morgan fingerprint density at radius 3 is 2.92 bits per heavy atom. The first-order valence-corrected chi connectivity index (χ1v) is 8.37. The molecule has 1 aliphatic rings. The maximum atomic E-state index is 13.6. The van der Waals surface area contributed by atoms with Gasteiger partial charge in [-0.2, -0.15) is 0 Å². The summed E-state index contributed by atoms with van der Waals surface area (Å²) in [5.74, 6) is 0.618. The lowest BCUT2D eigenvalue weighted by Gasteiger charge is -2.38. The molecule has 1 fully saturated rings. The Labute approximate surface area is 147 Å². The topological polar surface area (TPSA) is 45.7 Å². The number of anilines is 1. The molecule has 25 heavy (non-hydrogen) atoms. The number of methoxy groups -OCH3 is 1. The fourth-order valence-electron chi connectivity index (χ4n) is 3.22. The Bertz CT molecular complexity index is 739. The third-order valence-electron chi connectivity index (χ3n) is 4.63. The number of aromatic nitrogens is 1. The van der Waals surface area contributed by atoms with E-state index in [9.17, 15) is 9.18 Å². The second kappa shape index (κ2) is 7.51. The zero-order valence-electron chi connectivity index (χ0n) is 14.5. The third kappa shape index (κ3) is 3.73. The van der Waals surface area contributed by atoms with E-state index in [1.165, 1.54) is 25.3 Å². The van der Waals surface area contributed by atoms with Gasteiger partial charge in [-0.1, -0.05) is 6.07 Å². The van der Waals surface area contributed by atoms with Gasteiger partial charge in [0.25, 0.3) is 5.91 Å². The summed E-state index contributed by atoms with van der Waals surface area (Å²) in [5, 5.41) is 0. The standard InChI is InChI=1S/C19H22FN3O2/c1-22(19(24)16-12-14(20)8-9-17(16)25-2)15-6-5-11-23(13-15)18-7-3-4-10-21-18/h3-4,7-10,12,15H,5-6,11,13H2,1-2H3/t15-/m0/s1. The van der Waals surface area contributed by atoms with Gasteiger partial charge in [-0.15, -0.1) is 0 Å². The molecule has 1 saturated heterocycles. The van der Waals surface area contributed by atoms with E-state index in [-0.39, 0.29) is 17.5 Å².